The normalized spacial score (nSPS) is 15.8. The summed E-state index contributed by atoms with van der Waals surface area (Å²) in [6, 6.07) is 15.4. The van der Waals surface area contributed by atoms with E-state index in [9.17, 15) is 4.79 Å². The molecule has 4 rings (SSSR count). The number of hydrogen-bond acceptors (Lipinski definition) is 3. The summed E-state index contributed by atoms with van der Waals surface area (Å²) in [7, 11) is 0. The van der Waals surface area contributed by atoms with Gasteiger partial charge in [-0.05, 0) is 30.7 Å². The monoisotopic (exact) mass is 395 g/mol. The van der Waals surface area contributed by atoms with Gasteiger partial charge >= 0.3 is 0 Å². The lowest BCUT2D eigenvalue weighted by molar-refractivity contribution is -0.116. The molecule has 1 atom stereocenters. The van der Waals surface area contributed by atoms with Crippen molar-refractivity contribution < 1.29 is 9.53 Å². The Morgan fingerprint density at radius 2 is 2.07 bits per heavy atom. The number of nitrogens with one attached hydrogen (secondary N) is 1. The minimum Gasteiger partial charge on any atom is -0.493 e. The minimum atomic E-state index is -0.102. The van der Waals surface area contributed by atoms with Crippen LogP contribution in [0.1, 0.15) is 43.2 Å². The van der Waals surface area contributed by atoms with Crippen LogP contribution in [0.5, 0.6) is 5.75 Å². The number of benzene rings is 2. The van der Waals surface area contributed by atoms with Gasteiger partial charge in [-0.25, -0.2) is 4.68 Å². The number of halogens is 1. The summed E-state index contributed by atoms with van der Waals surface area (Å²) in [6.45, 7) is 2.80. The number of anilines is 1. The second kappa shape index (κ2) is 8.07. The highest BCUT2D eigenvalue weighted by molar-refractivity contribution is 6.30. The standard InChI is InChI=1S/C22H22ClN3O2/c1-2-3-11-28-20-10-5-4-9-17(20)18-13-21(27)25-22-19(18)14-24-26(22)16-8-6-7-15(23)12-16/h4-10,12,14,18H,2-3,11,13H2,1H3,(H,25,27). The van der Waals surface area contributed by atoms with Crippen molar-refractivity contribution in [2.45, 2.75) is 32.1 Å². The maximum Gasteiger partial charge on any atom is 0.226 e. The predicted octanol–water partition coefficient (Wildman–Crippen LogP) is 5.18. The number of hydrogen-bond donors (Lipinski definition) is 1. The van der Waals surface area contributed by atoms with Gasteiger partial charge in [0.2, 0.25) is 5.91 Å². The molecule has 0 aliphatic carbocycles. The average molecular weight is 396 g/mol. The topological polar surface area (TPSA) is 56.1 Å². The first kappa shape index (κ1) is 18.6. The number of ether oxygens (including phenoxy) is 1. The number of para-hydroxylation sites is 1. The zero-order valence-electron chi connectivity index (χ0n) is 15.7. The first-order valence-corrected chi connectivity index (χ1v) is 9.90. The van der Waals surface area contributed by atoms with E-state index in [0.29, 0.717) is 23.9 Å². The highest BCUT2D eigenvalue weighted by atomic mass is 35.5. The molecule has 2 heterocycles. The molecule has 6 heteroatoms. The zero-order chi connectivity index (χ0) is 19.5. The quantitative estimate of drug-likeness (QED) is 0.585. The van der Waals surface area contributed by atoms with Gasteiger partial charge in [0.15, 0.2) is 0 Å². The highest BCUT2D eigenvalue weighted by Crippen LogP contribution is 2.41. The number of amides is 1. The third kappa shape index (κ3) is 3.62. The van der Waals surface area contributed by atoms with Crippen LogP contribution in [0, 0.1) is 0 Å². The molecule has 2 aromatic carbocycles. The lowest BCUT2D eigenvalue weighted by Crippen LogP contribution is -2.25. The summed E-state index contributed by atoms with van der Waals surface area (Å²) >= 11 is 6.13. The molecular weight excluding hydrogens is 374 g/mol. The first-order chi connectivity index (χ1) is 13.7. The summed E-state index contributed by atoms with van der Waals surface area (Å²) < 4.78 is 7.74. The van der Waals surface area contributed by atoms with Crippen LogP contribution in [-0.2, 0) is 4.79 Å². The van der Waals surface area contributed by atoms with Crippen molar-refractivity contribution in [3.05, 3.63) is 70.9 Å². The number of fused-ring (bicyclic) bond motifs is 1. The number of carbonyl (C=O) groups is 1. The lowest BCUT2D eigenvalue weighted by atomic mass is 9.87. The maximum absolute atomic E-state index is 12.5. The largest absolute Gasteiger partial charge is 0.493 e. The molecule has 1 aromatic heterocycles. The van der Waals surface area contributed by atoms with Crippen molar-refractivity contribution in [1.29, 1.82) is 0 Å². The molecule has 0 fully saturated rings. The van der Waals surface area contributed by atoms with Crippen LogP contribution in [0.25, 0.3) is 5.69 Å². The van der Waals surface area contributed by atoms with Gasteiger partial charge in [0.25, 0.3) is 0 Å². The van der Waals surface area contributed by atoms with E-state index >= 15 is 0 Å². The van der Waals surface area contributed by atoms with Gasteiger partial charge in [-0.1, -0.05) is 49.2 Å². The van der Waals surface area contributed by atoms with E-state index in [1.54, 1.807) is 4.68 Å². The Labute approximate surface area is 169 Å². The number of rotatable bonds is 6. The van der Waals surface area contributed by atoms with E-state index in [0.717, 1.165) is 35.4 Å². The molecule has 28 heavy (non-hydrogen) atoms. The van der Waals surface area contributed by atoms with Crippen LogP contribution >= 0.6 is 11.6 Å². The Bertz CT molecular complexity index is 999. The third-order valence-corrected chi connectivity index (χ3v) is 5.16. The van der Waals surface area contributed by atoms with E-state index in [1.807, 2.05) is 54.7 Å². The van der Waals surface area contributed by atoms with Crippen molar-refractivity contribution in [3.8, 4) is 11.4 Å². The molecule has 0 bridgehead atoms. The van der Waals surface area contributed by atoms with E-state index in [-0.39, 0.29) is 11.8 Å². The Morgan fingerprint density at radius 1 is 1.21 bits per heavy atom. The summed E-state index contributed by atoms with van der Waals surface area (Å²) in [5, 5.41) is 8.12. The fourth-order valence-electron chi connectivity index (χ4n) is 3.53. The van der Waals surface area contributed by atoms with Gasteiger partial charge in [-0.3, -0.25) is 4.79 Å². The smallest absolute Gasteiger partial charge is 0.226 e. The van der Waals surface area contributed by atoms with Crippen LogP contribution in [0.4, 0.5) is 5.82 Å². The van der Waals surface area contributed by atoms with Gasteiger partial charge in [-0.15, -0.1) is 0 Å². The van der Waals surface area contributed by atoms with Crippen molar-refractivity contribution in [3.63, 3.8) is 0 Å². The van der Waals surface area contributed by atoms with Gasteiger partial charge in [0.1, 0.15) is 11.6 Å². The van der Waals surface area contributed by atoms with E-state index < -0.39 is 0 Å². The molecule has 1 unspecified atom stereocenters. The zero-order valence-corrected chi connectivity index (χ0v) is 16.4. The molecule has 144 valence electrons. The molecule has 1 amide bonds. The van der Waals surface area contributed by atoms with Crippen molar-refractivity contribution >= 4 is 23.3 Å². The summed E-state index contributed by atoms with van der Waals surface area (Å²) in [5.74, 6) is 1.38. The summed E-state index contributed by atoms with van der Waals surface area (Å²) in [5.41, 5.74) is 2.80. The predicted molar refractivity (Wildman–Crippen MR) is 111 cm³/mol. The van der Waals surface area contributed by atoms with Crippen molar-refractivity contribution in [2.75, 3.05) is 11.9 Å². The van der Waals surface area contributed by atoms with Gasteiger partial charge in [-0.2, -0.15) is 5.10 Å². The van der Waals surface area contributed by atoms with Gasteiger partial charge in [0.05, 0.1) is 18.5 Å². The Balaban J connectivity index is 1.74. The highest BCUT2D eigenvalue weighted by Gasteiger charge is 2.32. The number of nitrogens with zero attached hydrogens (tertiary/aromatic N) is 2. The number of unbranched alkanes of at least 4 members (excludes halogenated alkanes) is 1. The summed E-state index contributed by atoms with van der Waals surface area (Å²) in [6.07, 6.45) is 4.26. The second-order valence-corrected chi connectivity index (χ2v) is 7.32. The molecule has 5 nitrogen and oxygen atoms in total. The third-order valence-electron chi connectivity index (χ3n) is 4.92. The first-order valence-electron chi connectivity index (χ1n) is 9.52. The molecule has 1 aliphatic rings. The molecular formula is C22H22ClN3O2. The molecule has 0 radical (unpaired) electrons. The molecule has 0 saturated carbocycles. The SMILES string of the molecule is CCCCOc1ccccc1C1CC(=O)Nc2c1cnn2-c1cccc(Cl)c1. The molecule has 1 aliphatic heterocycles. The fraction of sp³-hybridized carbons (Fsp3) is 0.273. The number of carbonyl (C=O) groups excluding carboxylic acids is 1. The van der Waals surface area contributed by atoms with Crippen LogP contribution in [0.2, 0.25) is 5.02 Å². The molecule has 3 aromatic rings. The van der Waals surface area contributed by atoms with E-state index in [4.69, 9.17) is 16.3 Å². The Kier molecular flexibility index (Phi) is 5.35. The van der Waals surface area contributed by atoms with Crippen LogP contribution in [0.3, 0.4) is 0 Å². The van der Waals surface area contributed by atoms with Crippen LogP contribution in [0.15, 0.2) is 54.7 Å². The van der Waals surface area contributed by atoms with Crippen LogP contribution < -0.4 is 10.1 Å². The molecule has 0 spiro atoms. The maximum atomic E-state index is 12.5. The number of aromatic nitrogens is 2. The van der Waals surface area contributed by atoms with Gasteiger partial charge < -0.3 is 10.1 Å². The van der Waals surface area contributed by atoms with Crippen LogP contribution in [-0.4, -0.2) is 22.3 Å². The average Bonchev–Trinajstić information content (AvgIpc) is 3.12. The van der Waals surface area contributed by atoms with E-state index in [2.05, 4.69) is 17.3 Å². The fourth-order valence-corrected chi connectivity index (χ4v) is 3.71. The van der Waals surface area contributed by atoms with Crippen molar-refractivity contribution in [2.24, 2.45) is 0 Å². The summed E-state index contributed by atoms with van der Waals surface area (Å²) in [4.78, 5) is 12.5. The minimum absolute atomic E-state index is 0.0374. The Morgan fingerprint density at radius 3 is 2.89 bits per heavy atom. The van der Waals surface area contributed by atoms with Crippen molar-refractivity contribution in [1.82, 2.24) is 9.78 Å². The van der Waals surface area contributed by atoms with E-state index in [1.165, 1.54) is 0 Å². The molecule has 0 saturated heterocycles. The second-order valence-electron chi connectivity index (χ2n) is 6.88. The lowest BCUT2D eigenvalue weighted by Gasteiger charge is -2.25. The molecule has 1 N–H and O–H groups in total. The van der Waals surface area contributed by atoms with Gasteiger partial charge in [0, 0.05) is 28.5 Å². The Hall–Kier alpha value is -2.79.